The van der Waals surface area contributed by atoms with Crippen molar-refractivity contribution in [1.82, 2.24) is 0 Å². The highest BCUT2D eigenvalue weighted by molar-refractivity contribution is 7.10. The predicted molar refractivity (Wildman–Crippen MR) is 66.4 cm³/mol. The molecule has 0 saturated carbocycles. The Morgan fingerprint density at radius 3 is 2.32 bits per heavy atom. The first kappa shape index (κ1) is 15.1. The maximum Gasteiger partial charge on any atom is 0.320 e. The summed E-state index contributed by atoms with van der Waals surface area (Å²) in [5.41, 5.74) is 0. The van der Waals surface area contributed by atoms with Crippen molar-refractivity contribution in [3.8, 4) is 0 Å². The Morgan fingerprint density at radius 2 is 1.95 bits per heavy atom. The monoisotopic (exact) mass is 287 g/mol. The van der Waals surface area contributed by atoms with Crippen molar-refractivity contribution in [2.75, 3.05) is 20.8 Å². The first-order valence-electron chi connectivity index (χ1n) is 5.32. The highest BCUT2D eigenvalue weighted by Crippen LogP contribution is 2.30. The summed E-state index contributed by atoms with van der Waals surface area (Å²) in [6, 6.07) is 3.33. The number of methoxy groups -OCH3 is 2. The molecule has 1 rings (SSSR count). The largest absolute Gasteiger partial charge is 0.468 e. The van der Waals surface area contributed by atoms with Crippen molar-refractivity contribution < 1.29 is 24.0 Å². The van der Waals surface area contributed by atoms with E-state index in [0.29, 0.717) is 4.88 Å². The summed E-state index contributed by atoms with van der Waals surface area (Å²) < 4.78 is 9.08. The quantitative estimate of drug-likeness (QED) is 0.336. The van der Waals surface area contributed by atoms with Gasteiger partial charge in [0.15, 0.2) is 5.92 Å². The molecule has 0 aliphatic carbocycles. The Balaban J connectivity index is 3.13. The van der Waals surface area contributed by atoms with Crippen molar-refractivity contribution in [1.29, 1.82) is 0 Å². The molecule has 0 saturated heterocycles. The summed E-state index contributed by atoms with van der Waals surface area (Å²) in [5.74, 6) is -3.91. The van der Waals surface area contributed by atoms with E-state index >= 15 is 0 Å². The van der Waals surface area contributed by atoms with Crippen molar-refractivity contribution in [3.05, 3.63) is 32.5 Å². The Bertz CT molecular complexity index is 442. The molecule has 0 bridgehead atoms. The fourth-order valence-electron chi connectivity index (χ4n) is 1.70. The van der Waals surface area contributed by atoms with E-state index in [1.54, 1.807) is 17.5 Å². The molecule has 1 atom stereocenters. The number of thiophene rings is 1. The fourth-order valence-corrected chi connectivity index (χ4v) is 2.56. The zero-order chi connectivity index (χ0) is 14.4. The Morgan fingerprint density at radius 1 is 1.37 bits per heavy atom. The van der Waals surface area contributed by atoms with Crippen molar-refractivity contribution in [2.24, 2.45) is 5.92 Å². The van der Waals surface area contributed by atoms with Gasteiger partial charge in [-0.15, -0.1) is 11.3 Å². The average molecular weight is 287 g/mol. The van der Waals surface area contributed by atoms with E-state index < -0.39 is 35.2 Å². The third-order valence-corrected chi connectivity index (χ3v) is 3.57. The number of nitrogens with zero attached hydrogens (tertiary/aromatic N) is 1. The lowest BCUT2D eigenvalue weighted by atomic mass is 9.91. The fraction of sp³-hybridized carbons (Fsp3) is 0.455. The summed E-state index contributed by atoms with van der Waals surface area (Å²) in [6.07, 6.45) is 0. The molecule has 0 radical (unpaired) electrons. The number of hydrogen-bond donors (Lipinski definition) is 0. The van der Waals surface area contributed by atoms with Crippen LogP contribution < -0.4 is 0 Å². The van der Waals surface area contributed by atoms with Crippen LogP contribution in [0.3, 0.4) is 0 Å². The minimum atomic E-state index is -1.33. The molecular formula is C11H13NO6S. The third-order valence-electron chi connectivity index (χ3n) is 2.57. The van der Waals surface area contributed by atoms with E-state index in [2.05, 4.69) is 9.47 Å². The van der Waals surface area contributed by atoms with Gasteiger partial charge in [0.1, 0.15) is 0 Å². The van der Waals surface area contributed by atoms with Gasteiger partial charge in [-0.3, -0.25) is 19.7 Å². The van der Waals surface area contributed by atoms with Crippen LogP contribution >= 0.6 is 11.3 Å². The number of carbonyl (C=O) groups excluding carboxylic acids is 2. The molecule has 19 heavy (non-hydrogen) atoms. The van der Waals surface area contributed by atoms with Crippen LogP contribution in [-0.4, -0.2) is 37.6 Å². The Kier molecular flexibility index (Phi) is 5.43. The zero-order valence-corrected chi connectivity index (χ0v) is 11.2. The highest BCUT2D eigenvalue weighted by atomic mass is 32.1. The van der Waals surface area contributed by atoms with E-state index in [1.807, 2.05) is 0 Å². The smallest absolute Gasteiger partial charge is 0.320 e. The van der Waals surface area contributed by atoms with Gasteiger partial charge in [0.2, 0.25) is 6.54 Å². The minimum absolute atomic E-state index is 0.546. The summed E-state index contributed by atoms with van der Waals surface area (Å²) in [5, 5.41) is 12.5. The molecule has 8 heteroatoms. The van der Waals surface area contributed by atoms with Gasteiger partial charge in [0.05, 0.1) is 20.1 Å². The topological polar surface area (TPSA) is 95.7 Å². The van der Waals surface area contributed by atoms with Gasteiger partial charge in [0, 0.05) is 9.80 Å². The number of ether oxygens (including phenoxy) is 2. The second-order valence-electron chi connectivity index (χ2n) is 3.66. The van der Waals surface area contributed by atoms with E-state index in [-0.39, 0.29) is 0 Å². The number of rotatable bonds is 6. The lowest BCUT2D eigenvalue weighted by Gasteiger charge is -2.19. The molecule has 1 heterocycles. The van der Waals surface area contributed by atoms with E-state index in [9.17, 15) is 19.7 Å². The third kappa shape index (κ3) is 3.75. The summed E-state index contributed by atoms with van der Waals surface area (Å²) in [4.78, 5) is 34.1. The summed E-state index contributed by atoms with van der Waals surface area (Å²) in [6.45, 7) is -0.546. The molecule has 0 aromatic carbocycles. The van der Waals surface area contributed by atoms with Gasteiger partial charge in [-0.1, -0.05) is 6.07 Å². The molecule has 1 aromatic heterocycles. The first-order chi connectivity index (χ1) is 9.01. The van der Waals surface area contributed by atoms with Crippen LogP contribution in [0.4, 0.5) is 0 Å². The van der Waals surface area contributed by atoms with E-state index in [4.69, 9.17) is 0 Å². The van der Waals surface area contributed by atoms with Crippen molar-refractivity contribution in [3.63, 3.8) is 0 Å². The van der Waals surface area contributed by atoms with E-state index in [0.717, 1.165) is 14.2 Å². The van der Waals surface area contributed by atoms with E-state index in [1.165, 1.54) is 11.3 Å². The summed E-state index contributed by atoms with van der Waals surface area (Å²) in [7, 11) is 2.24. The second kappa shape index (κ2) is 6.83. The molecule has 104 valence electrons. The van der Waals surface area contributed by atoms with Gasteiger partial charge >= 0.3 is 11.9 Å². The van der Waals surface area contributed by atoms with Crippen LogP contribution in [0.25, 0.3) is 0 Å². The normalized spacial score (nSPS) is 11.9. The maximum atomic E-state index is 11.7. The maximum absolute atomic E-state index is 11.7. The molecule has 0 spiro atoms. The van der Waals surface area contributed by atoms with Crippen LogP contribution in [0, 0.1) is 16.0 Å². The molecule has 1 unspecified atom stereocenters. The van der Waals surface area contributed by atoms with Crippen LogP contribution in [0.5, 0.6) is 0 Å². The SMILES string of the molecule is COC(=O)C(C(=O)OC)C(C[N+](=O)[O-])c1cccs1. The van der Waals surface area contributed by atoms with Crippen molar-refractivity contribution in [2.45, 2.75) is 5.92 Å². The van der Waals surface area contributed by atoms with Gasteiger partial charge < -0.3 is 9.47 Å². The molecule has 0 fully saturated rings. The standard InChI is InChI=1S/C11H13NO6S/c1-17-10(13)9(11(14)18-2)7(6-12(15)16)8-4-3-5-19-8/h3-5,7,9H,6H2,1-2H3. The van der Waals surface area contributed by atoms with Gasteiger partial charge in [-0.25, -0.2) is 0 Å². The molecule has 0 amide bonds. The Labute approximate surface area is 113 Å². The molecule has 7 nitrogen and oxygen atoms in total. The molecule has 1 aromatic rings. The van der Waals surface area contributed by atoms with Crippen LogP contribution in [0.2, 0.25) is 0 Å². The average Bonchev–Trinajstić information content (AvgIpc) is 2.90. The number of carbonyl (C=O) groups is 2. The number of hydrogen-bond acceptors (Lipinski definition) is 7. The van der Waals surface area contributed by atoms with Gasteiger partial charge in [0.25, 0.3) is 0 Å². The molecule has 0 aliphatic rings. The second-order valence-corrected chi connectivity index (χ2v) is 4.64. The Hall–Kier alpha value is -1.96. The lowest BCUT2D eigenvalue weighted by Crippen LogP contribution is -2.35. The highest BCUT2D eigenvalue weighted by Gasteiger charge is 2.41. The molecule has 0 aliphatic heterocycles. The van der Waals surface area contributed by atoms with Crippen LogP contribution in [0.15, 0.2) is 17.5 Å². The first-order valence-corrected chi connectivity index (χ1v) is 6.20. The predicted octanol–water partition coefficient (Wildman–Crippen LogP) is 1.07. The molecule has 0 N–H and O–H groups in total. The van der Waals surface area contributed by atoms with Crippen LogP contribution in [-0.2, 0) is 19.1 Å². The number of esters is 2. The lowest BCUT2D eigenvalue weighted by molar-refractivity contribution is -0.484. The summed E-state index contributed by atoms with van der Waals surface area (Å²) >= 11 is 1.24. The minimum Gasteiger partial charge on any atom is -0.468 e. The van der Waals surface area contributed by atoms with Gasteiger partial charge in [-0.05, 0) is 11.4 Å². The zero-order valence-electron chi connectivity index (χ0n) is 10.4. The molecular weight excluding hydrogens is 274 g/mol. The van der Waals surface area contributed by atoms with Gasteiger partial charge in [-0.2, -0.15) is 0 Å². The van der Waals surface area contributed by atoms with Crippen molar-refractivity contribution >= 4 is 23.3 Å². The van der Waals surface area contributed by atoms with Crippen LogP contribution in [0.1, 0.15) is 10.8 Å². The number of nitro groups is 1.